The normalized spacial score (nSPS) is 14.0. The molecule has 176 valence electrons. The van der Waals surface area contributed by atoms with Crippen molar-refractivity contribution in [2.75, 3.05) is 13.2 Å². The summed E-state index contributed by atoms with van der Waals surface area (Å²) in [6.07, 6.45) is 0.996. The van der Waals surface area contributed by atoms with E-state index in [1.165, 1.54) is 11.1 Å². The molecular weight excluding hydrogens is 420 g/mol. The third-order valence-electron chi connectivity index (χ3n) is 5.90. The van der Waals surface area contributed by atoms with E-state index >= 15 is 0 Å². The maximum atomic E-state index is 12.3. The minimum absolute atomic E-state index is 0.00362. The Labute approximate surface area is 194 Å². The van der Waals surface area contributed by atoms with E-state index in [0.29, 0.717) is 13.0 Å². The third kappa shape index (κ3) is 6.57. The highest BCUT2D eigenvalue weighted by Gasteiger charge is 2.29. The number of fused-ring (bicyclic) bond motifs is 3. The van der Waals surface area contributed by atoms with Gasteiger partial charge in [-0.1, -0.05) is 68.8 Å². The molecule has 7 heteroatoms. The molecule has 1 aliphatic carbocycles. The molecule has 2 aromatic carbocycles. The molecule has 2 aromatic rings. The van der Waals surface area contributed by atoms with Gasteiger partial charge in [0.25, 0.3) is 0 Å². The van der Waals surface area contributed by atoms with Crippen LogP contribution < -0.4 is 10.6 Å². The first-order valence-corrected chi connectivity index (χ1v) is 11.5. The van der Waals surface area contributed by atoms with Gasteiger partial charge in [-0.05, 0) is 34.6 Å². The number of hydrogen-bond donors (Lipinski definition) is 3. The van der Waals surface area contributed by atoms with Crippen LogP contribution in [0.3, 0.4) is 0 Å². The molecule has 33 heavy (non-hydrogen) atoms. The predicted octanol–water partition coefficient (Wildman–Crippen LogP) is 4.31. The zero-order chi connectivity index (χ0) is 23.8. The topological polar surface area (TPSA) is 105 Å². The molecule has 1 unspecified atom stereocenters. The van der Waals surface area contributed by atoms with Gasteiger partial charge in [-0.15, -0.1) is 0 Å². The lowest BCUT2D eigenvalue weighted by molar-refractivity contribution is -0.137. The first-order valence-electron chi connectivity index (χ1n) is 11.5. The minimum Gasteiger partial charge on any atom is -0.481 e. The predicted molar refractivity (Wildman–Crippen MR) is 126 cm³/mol. The minimum atomic E-state index is -0.932. The number of nitrogens with one attached hydrogen (secondary N) is 2. The molecule has 3 N–H and O–H groups in total. The summed E-state index contributed by atoms with van der Waals surface area (Å²) in [6.45, 7) is 4.33. The van der Waals surface area contributed by atoms with Crippen LogP contribution in [0, 0.1) is 5.92 Å². The van der Waals surface area contributed by atoms with E-state index in [0.717, 1.165) is 17.5 Å². The van der Waals surface area contributed by atoms with E-state index in [4.69, 9.17) is 9.84 Å². The molecule has 0 saturated carbocycles. The Morgan fingerprint density at radius 3 is 2.18 bits per heavy atom. The van der Waals surface area contributed by atoms with Gasteiger partial charge in [-0.25, -0.2) is 4.79 Å². The molecule has 2 amide bonds. The summed E-state index contributed by atoms with van der Waals surface area (Å²) in [5.41, 5.74) is 4.65. The number of rotatable bonds is 11. The molecule has 0 bridgehead atoms. The largest absolute Gasteiger partial charge is 0.481 e. The zero-order valence-corrected chi connectivity index (χ0v) is 19.2. The van der Waals surface area contributed by atoms with Crippen LogP contribution in [0.1, 0.15) is 56.6 Å². The van der Waals surface area contributed by atoms with E-state index in [1.54, 1.807) is 0 Å². The van der Waals surface area contributed by atoms with Crippen molar-refractivity contribution >= 4 is 18.0 Å². The highest BCUT2D eigenvalue weighted by Crippen LogP contribution is 2.44. The number of ether oxygens (including phenoxy) is 1. The van der Waals surface area contributed by atoms with Crippen molar-refractivity contribution in [3.63, 3.8) is 0 Å². The van der Waals surface area contributed by atoms with Gasteiger partial charge in [0.2, 0.25) is 5.91 Å². The Hall–Kier alpha value is -3.35. The van der Waals surface area contributed by atoms with Crippen LogP contribution in [-0.4, -0.2) is 42.3 Å². The SMILES string of the molecule is CCC[C@@H](CC(=O)O)NC(=O)CC(C)CNC(=O)OCC1c2ccccc2-c2ccccc21. The summed E-state index contributed by atoms with van der Waals surface area (Å²) in [6, 6.07) is 15.9. The monoisotopic (exact) mass is 452 g/mol. The number of benzene rings is 2. The van der Waals surface area contributed by atoms with Gasteiger partial charge in [-0.3, -0.25) is 9.59 Å². The second kappa shape index (κ2) is 11.5. The molecule has 0 fully saturated rings. The van der Waals surface area contributed by atoms with Gasteiger partial charge in [0.05, 0.1) is 6.42 Å². The van der Waals surface area contributed by atoms with Crippen molar-refractivity contribution in [1.82, 2.24) is 10.6 Å². The summed E-state index contributed by atoms with van der Waals surface area (Å²) in [4.78, 5) is 35.5. The molecule has 7 nitrogen and oxygen atoms in total. The number of carbonyl (C=O) groups is 3. The van der Waals surface area contributed by atoms with Crippen LogP contribution in [0.2, 0.25) is 0 Å². The lowest BCUT2D eigenvalue weighted by Gasteiger charge is -2.18. The number of amides is 2. The lowest BCUT2D eigenvalue weighted by atomic mass is 9.98. The number of carboxylic acids is 1. The number of aliphatic carboxylic acids is 1. The fourth-order valence-electron chi connectivity index (χ4n) is 4.37. The Balaban J connectivity index is 1.45. The van der Waals surface area contributed by atoms with Crippen molar-refractivity contribution < 1.29 is 24.2 Å². The first-order chi connectivity index (χ1) is 15.9. The molecular formula is C26H32N2O5. The summed E-state index contributed by atoms with van der Waals surface area (Å²) < 4.78 is 5.52. The number of alkyl carbamates (subject to hydrolysis) is 1. The highest BCUT2D eigenvalue weighted by molar-refractivity contribution is 5.79. The summed E-state index contributed by atoms with van der Waals surface area (Å²) >= 11 is 0. The Kier molecular flexibility index (Phi) is 8.46. The second-order valence-electron chi connectivity index (χ2n) is 8.67. The Bertz CT molecular complexity index is 945. The van der Waals surface area contributed by atoms with Gasteiger partial charge in [0.15, 0.2) is 0 Å². The molecule has 0 spiro atoms. The molecule has 1 aliphatic rings. The maximum absolute atomic E-state index is 12.3. The molecule has 2 atom stereocenters. The van der Waals surface area contributed by atoms with E-state index in [2.05, 4.69) is 34.9 Å². The quantitative estimate of drug-likeness (QED) is 0.471. The van der Waals surface area contributed by atoms with Crippen LogP contribution in [0.15, 0.2) is 48.5 Å². The second-order valence-corrected chi connectivity index (χ2v) is 8.67. The van der Waals surface area contributed by atoms with Gasteiger partial charge in [0.1, 0.15) is 6.61 Å². The Morgan fingerprint density at radius 2 is 1.61 bits per heavy atom. The summed E-state index contributed by atoms with van der Waals surface area (Å²) in [5, 5.41) is 14.5. The molecule has 0 aliphatic heterocycles. The summed E-state index contributed by atoms with van der Waals surface area (Å²) in [5.74, 6) is -1.26. The van der Waals surface area contributed by atoms with Gasteiger partial charge in [-0.2, -0.15) is 0 Å². The van der Waals surface area contributed by atoms with Crippen molar-refractivity contribution in [3.8, 4) is 11.1 Å². The first kappa shape index (κ1) is 24.3. The van der Waals surface area contributed by atoms with Crippen molar-refractivity contribution in [1.29, 1.82) is 0 Å². The average Bonchev–Trinajstić information content (AvgIpc) is 3.09. The van der Waals surface area contributed by atoms with Gasteiger partial charge in [0, 0.05) is 24.9 Å². The van der Waals surface area contributed by atoms with Crippen LogP contribution in [0.5, 0.6) is 0 Å². The van der Waals surface area contributed by atoms with Crippen LogP contribution >= 0.6 is 0 Å². The van der Waals surface area contributed by atoms with E-state index < -0.39 is 12.1 Å². The smallest absolute Gasteiger partial charge is 0.407 e. The van der Waals surface area contributed by atoms with Crippen LogP contribution in [0.25, 0.3) is 11.1 Å². The van der Waals surface area contributed by atoms with E-state index in [9.17, 15) is 14.4 Å². The van der Waals surface area contributed by atoms with E-state index in [1.807, 2.05) is 38.1 Å². The van der Waals surface area contributed by atoms with E-state index in [-0.39, 0.29) is 43.2 Å². The van der Waals surface area contributed by atoms with Crippen LogP contribution in [0.4, 0.5) is 4.79 Å². The highest BCUT2D eigenvalue weighted by atomic mass is 16.5. The molecule has 0 saturated heterocycles. The fourth-order valence-corrected chi connectivity index (χ4v) is 4.37. The average molecular weight is 453 g/mol. The third-order valence-corrected chi connectivity index (χ3v) is 5.90. The standard InChI is InChI=1S/C26H32N2O5/c1-3-8-18(14-25(30)31)28-24(29)13-17(2)15-27-26(32)33-16-23-21-11-6-4-9-19(21)20-10-5-7-12-22(20)23/h4-7,9-12,17-18,23H,3,8,13-16H2,1-2H3,(H,27,32)(H,28,29)(H,30,31)/t17?,18-/m0/s1. The fraction of sp³-hybridized carbons (Fsp3) is 0.423. The molecule has 0 heterocycles. The maximum Gasteiger partial charge on any atom is 0.407 e. The summed E-state index contributed by atoms with van der Waals surface area (Å²) in [7, 11) is 0. The van der Waals surface area contributed by atoms with Crippen molar-refractivity contribution in [2.24, 2.45) is 5.92 Å². The number of hydrogen-bond acceptors (Lipinski definition) is 4. The van der Waals surface area contributed by atoms with Crippen molar-refractivity contribution in [3.05, 3.63) is 59.7 Å². The van der Waals surface area contributed by atoms with Gasteiger partial charge >= 0.3 is 12.1 Å². The zero-order valence-electron chi connectivity index (χ0n) is 19.2. The number of carboxylic acid groups (broad SMARTS) is 1. The molecule has 0 radical (unpaired) electrons. The molecule has 3 rings (SSSR count). The van der Waals surface area contributed by atoms with Crippen LogP contribution in [-0.2, 0) is 14.3 Å². The Morgan fingerprint density at radius 1 is 1.00 bits per heavy atom. The lowest BCUT2D eigenvalue weighted by Crippen LogP contribution is -2.38. The van der Waals surface area contributed by atoms with Gasteiger partial charge < -0.3 is 20.5 Å². The number of carbonyl (C=O) groups excluding carboxylic acids is 2. The molecule has 0 aromatic heterocycles. The van der Waals surface area contributed by atoms with Crippen molar-refractivity contribution in [2.45, 2.75) is 51.5 Å².